The Labute approximate surface area is 197 Å². The molecule has 6 nitrogen and oxygen atoms in total. The van der Waals surface area contributed by atoms with Crippen LogP contribution in [0.5, 0.6) is 0 Å². The summed E-state index contributed by atoms with van der Waals surface area (Å²) >= 11 is 6.05. The van der Waals surface area contributed by atoms with Gasteiger partial charge in [-0.2, -0.15) is 18.3 Å². The summed E-state index contributed by atoms with van der Waals surface area (Å²) in [6.07, 6.45) is -2.91. The van der Waals surface area contributed by atoms with Crippen molar-refractivity contribution in [2.75, 3.05) is 5.32 Å². The van der Waals surface area contributed by atoms with Crippen LogP contribution in [-0.4, -0.2) is 17.5 Å². The third-order valence-electron chi connectivity index (χ3n) is 5.42. The summed E-state index contributed by atoms with van der Waals surface area (Å²) < 4.78 is 45.6. The van der Waals surface area contributed by atoms with Crippen LogP contribution in [-0.2, 0) is 12.6 Å². The molecular weight excluding hydrogens is 471 g/mol. The van der Waals surface area contributed by atoms with Gasteiger partial charge in [0.25, 0.3) is 11.8 Å². The number of alkyl halides is 3. The van der Waals surface area contributed by atoms with Crippen molar-refractivity contribution in [3.63, 3.8) is 0 Å². The van der Waals surface area contributed by atoms with Gasteiger partial charge in [0, 0.05) is 17.5 Å². The molecule has 0 spiro atoms. The zero-order valence-electron chi connectivity index (χ0n) is 17.9. The molecule has 2 aromatic carbocycles. The number of nitrogens with one attached hydrogen (secondary N) is 2. The van der Waals surface area contributed by atoms with Gasteiger partial charge in [-0.25, -0.2) is 5.43 Å². The van der Waals surface area contributed by atoms with Gasteiger partial charge in [-0.1, -0.05) is 35.9 Å². The Morgan fingerprint density at radius 2 is 1.74 bits per heavy atom. The van der Waals surface area contributed by atoms with Crippen molar-refractivity contribution in [3.05, 3.63) is 87.3 Å². The Morgan fingerprint density at radius 1 is 1.03 bits per heavy atom. The first-order valence-electron chi connectivity index (χ1n) is 10.4. The predicted octanol–water partition coefficient (Wildman–Crippen LogP) is 5.98. The molecule has 176 valence electrons. The third kappa shape index (κ3) is 4.70. The van der Waals surface area contributed by atoms with Crippen molar-refractivity contribution < 1.29 is 27.2 Å². The monoisotopic (exact) mass is 489 g/mol. The lowest BCUT2D eigenvalue weighted by atomic mass is 9.93. The maximum Gasteiger partial charge on any atom is 0.418 e. The third-order valence-corrected chi connectivity index (χ3v) is 5.75. The highest BCUT2D eigenvalue weighted by atomic mass is 35.5. The van der Waals surface area contributed by atoms with Crippen molar-refractivity contribution in [1.82, 2.24) is 5.43 Å². The van der Waals surface area contributed by atoms with E-state index in [0.717, 1.165) is 6.07 Å². The van der Waals surface area contributed by atoms with Crippen LogP contribution in [0.15, 0.2) is 58.0 Å². The summed E-state index contributed by atoms with van der Waals surface area (Å²) in [5, 5.41) is 6.80. The molecule has 1 aromatic heterocycles. The Bertz CT molecular complexity index is 1300. The summed E-state index contributed by atoms with van der Waals surface area (Å²) in [6.45, 7) is 1.63. The zero-order chi connectivity index (χ0) is 24.5. The standard InChI is InChI=1S/C24H19ClF3N3O3/c1-13-20-18(30-31-22(32)14-7-2-4-9-16(14)25)11-6-12-19(20)34-21(13)23(33)29-17-10-5-3-8-15(17)24(26,27)28/h2-5,7-10H,6,11-12H2,1H3,(H,29,33)(H,31,32)/b30-18+. The number of carbonyl (C=O) groups excluding carboxylic acids is 2. The van der Waals surface area contributed by atoms with Gasteiger partial charge >= 0.3 is 6.18 Å². The lowest BCUT2D eigenvalue weighted by Crippen LogP contribution is -2.22. The number of benzene rings is 2. The number of carbonyl (C=O) groups is 2. The first kappa shape index (κ1) is 23.6. The SMILES string of the molecule is Cc1c(C(=O)Nc2ccccc2C(F)(F)F)oc2c1/C(=N/NC(=O)c1ccccc1Cl)CCC2. The number of hydrogen-bond acceptors (Lipinski definition) is 4. The van der Waals surface area contributed by atoms with Gasteiger partial charge in [-0.15, -0.1) is 0 Å². The Kier molecular flexibility index (Phi) is 6.47. The minimum Gasteiger partial charge on any atom is -0.455 e. The Balaban J connectivity index is 1.60. The van der Waals surface area contributed by atoms with Crippen LogP contribution in [0.2, 0.25) is 5.02 Å². The Hall–Kier alpha value is -3.59. The first-order valence-corrected chi connectivity index (χ1v) is 10.8. The number of amides is 2. The molecule has 0 saturated carbocycles. The van der Waals surface area contributed by atoms with Crippen molar-refractivity contribution in [3.8, 4) is 0 Å². The van der Waals surface area contributed by atoms with Gasteiger partial charge < -0.3 is 9.73 Å². The number of anilines is 1. The van der Waals surface area contributed by atoms with E-state index in [-0.39, 0.29) is 22.0 Å². The van der Waals surface area contributed by atoms with E-state index in [2.05, 4.69) is 15.8 Å². The average molecular weight is 490 g/mol. The van der Waals surface area contributed by atoms with Crippen LogP contribution >= 0.6 is 11.6 Å². The summed E-state index contributed by atoms with van der Waals surface area (Å²) in [4.78, 5) is 25.3. The van der Waals surface area contributed by atoms with E-state index >= 15 is 0 Å². The maximum absolute atomic E-state index is 13.3. The smallest absolute Gasteiger partial charge is 0.418 e. The van der Waals surface area contributed by atoms with E-state index in [9.17, 15) is 22.8 Å². The molecule has 2 amide bonds. The summed E-state index contributed by atoms with van der Waals surface area (Å²) in [5.74, 6) is -0.908. The maximum atomic E-state index is 13.3. The highest BCUT2D eigenvalue weighted by Crippen LogP contribution is 2.35. The normalized spacial score (nSPS) is 14.6. The molecule has 34 heavy (non-hydrogen) atoms. The minimum atomic E-state index is -4.62. The minimum absolute atomic E-state index is 0.103. The van der Waals surface area contributed by atoms with Crippen molar-refractivity contribution in [2.24, 2.45) is 5.10 Å². The van der Waals surface area contributed by atoms with Gasteiger partial charge in [-0.05, 0) is 44.0 Å². The molecule has 0 aliphatic heterocycles. The number of aryl methyl sites for hydroxylation is 1. The van der Waals surface area contributed by atoms with Crippen LogP contribution < -0.4 is 10.7 Å². The highest BCUT2D eigenvalue weighted by Gasteiger charge is 2.34. The molecule has 4 rings (SSSR count). The summed E-state index contributed by atoms with van der Waals surface area (Å²) in [6, 6.07) is 11.2. The molecule has 3 aromatic rings. The molecule has 0 saturated heterocycles. The average Bonchev–Trinajstić information content (AvgIpc) is 3.14. The zero-order valence-corrected chi connectivity index (χ0v) is 18.7. The molecule has 0 bridgehead atoms. The van der Waals surface area contributed by atoms with Gasteiger partial charge in [-0.3, -0.25) is 9.59 Å². The number of halogens is 4. The number of hydrogen-bond donors (Lipinski definition) is 2. The number of furan rings is 1. The van der Waals surface area contributed by atoms with Crippen LogP contribution in [0, 0.1) is 6.92 Å². The fraction of sp³-hybridized carbons (Fsp3) is 0.208. The number of nitrogens with zero attached hydrogens (tertiary/aromatic N) is 1. The number of fused-ring (bicyclic) bond motifs is 1. The highest BCUT2D eigenvalue weighted by molar-refractivity contribution is 6.33. The molecule has 0 radical (unpaired) electrons. The van der Waals surface area contributed by atoms with Crippen LogP contribution in [0.25, 0.3) is 0 Å². The van der Waals surface area contributed by atoms with E-state index < -0.39 is 23.6 Å². The van der Waals surface area contributed by atoms with Crippen molar-refractivity contribution in [2.45, 2.75) is 32.4 Å². The van der Waals surface area contributed by atoms with Crippen LogP contribution in [0.4, 0.5) is 18.9 Å². The van der Waals surface area contributed by atoms with E-state index in [1.807, 2.05) is 0 Å². The molecule has 1 aliphatic rings. The van der Waals surface area contributed by atoms with Gasteiger partial charge in [0.1, 0.15) is 5.76 Å². The van der Waals surface area contributed by atoms with Crippen LogP contribution in [0.3, 0.4) is 0 Å². The lowest BCUT2D eigenvalue weighted by molar-refractivity contribution is -0.136. The topological polar surface area (TPSA) is 83.7 Å². The number of rotatable bonds is 4. The Morgan fingerprint density at radius 3 is 2.47 bits per heavy atom. The van der Waals surface area contributed by atoms with E-state index in [4.69, 9.17) is 16.0 Å². The van der Waals surface area contributed by atoms with E-state index in [1.54, 1.807) is 31.2 Å². The van der Waals surface area contributed by atoms with Gasteiger partial charge in [0.2, 0.25) is 0 Å². The summed E-state index contributed by atoms with van der Waals surface area (Å²) in [7, 11) is 0. The largest absolute Gasteiger partial charge is 0.455 e. The molecule has 0 atom stereocenters. The van der Waals surface area contributed by atoms with Crippen molar-refractivity contribution >= 4 is 34.8 Å². The lowest BCUT2D eigenvalue weighted by Gasteiger charge is -2.13. The van der Waals surface area contributed by atoms with Crippen molar-refractivity contribution in [1.29, 1.82) is 0 Å². The first-order chi connectivity index (χ1) is 16.2. The summed E-state index contributed by atoms with van der Waals surface area (Å²) in [5.41, 5.74) is 2.93. The van der Waals surface area contributed by atoms with Crippen LogP contribution in [0.1, 0.15) is 56.2 Å². The fourth-order valence-corrected chi connectivity index (χ4v) is 4.06. The molecule has 0 fully saturated rings. The van der Waals surface area contributed by atoms with Gasteiger partial charge in [0.15, 0.2) is 5.76 Å². The molecular formula is C24H19ClF3N3O3. The number of para-hydroxylation sites is 1. The molecule has 10 heteroatoms. The second kappa shape index (κ2) is 9.34. The van der Waals surface area contributed by atoms with Gasteiger partial charge in [0.05, 0.1) is 27.5 Å². The molecule has 0 unspecified atom stereocenters. The second-order valence-electron chi connectivity index (χ2n) is 7.68. The quantitative estimate of drug-likeness (QED) is 0.442. The van der Waals surface area contributed by atoms with E-state index in [1.165, 1.54) is 18.2 Å². The molecule has 1 aliphatic carbocycles. The second-order valence-corrected chi connectivity index (χ2v) is 8.09. The molecule has 2 N–H and O–H groups in total. The predicted molar refractivity (Wildman–Crippen MR) is 121 cm³/mol. The molecule has 1 heterocycles. The fourth-order valence-electron chi connectivity index (χ4n) is 3.84. The number of hydrazone groups is 1. The van der Waals surface area contributed by atoms with E-state index in [0.29, 0.717) is 41.9 Å².